The van der Waals surface area contributed by atoms with E-state index in [2.05, 4.69) is 0 Å². The third-order valence-corrected chi connectivity index (χ3v) is 1.66. The van der Waals surface area contributed by atoms with Gasteiger partial charge in [0.15, 0.2) is 6.10 Å². The molecule has 0 unspecified atom stereocenters. The van der Waals surface area contributed by atoms with E-state index >= 15 is 0 Å². The molecule has 16 heavy (non-hydrogen) atoms. The van der Waals surface area contributed by atoms with Gasteiger partial charge in [0.1, 0.15) is 6.54 Å². The highest BCUT2D eigenvalue weighted by atomic mass is 16.5. The number of likely N-dealkylation sites (N-methyl/N-ethyl adjacent to an activating group) is 1. The van der Waals surface area contributed by atoms with Crippen LogP contribution in [0.3, 0.4) is 0 Å². The molecule has 0 rings (SSSR count). The standard InChI is InChI=1S/C11H21NO4/c1-8(2)11(15)16-9(6-10(13)14)7-12(3,4)5/h8-9H,6-7H2,1-5H3/t9-/m1/s1/i1D3,2D3. The van der Waals surface area contributed by atoms with E-state index in [1.807, 2.05) is 0 Å². The Labute approximate surface area is 105 Å². The molecular weight excluding hydrogens is 210 g/mol. The normalized spacial score (nSPS) is 20.8. The van der Waals surface area contributed by atoms with Crippen molar-refractivity contribution in [3.05, 3.63) is 0 Å². The molecule has 0 saturated carbocycles. The summed E-state index contributed by atoms with van der Waals surface area (Å²) in [4.78, 5) is 22.7. The third-order valence-electron chi connectivity index (χ3n) is 1.66. The number of ether oxygens (including phenoxy) is 1. The zero-order valence-electron chi connectivity index (χ0n) is 15.6. The number of hydrogen-bond acceptors (Lipinski definition) is 4. The molecule has 5 heteroatoms. The van der Waals surface area contributed by atoms with Crippen molar-refractivity contribution < 1.29 is 32.1 Å². The highest BCUT2D eigenvalue weighted by Crippen LogP contribution is 2.07. The highest BCUT2D eigenvalue weighted by Gasteiger charge is 2.23. The van der Waals surface area contributed by atoms with Gasteiger partial charge in [0.2, 0.25) is 0 Å². The third kappa shape index (κ3) is 7.23. The number of carboxylic acid groups (broad SMARTS) is 1. The molecule has 0 aromatic rings. The minimum Gasteiger partial charge on any atom is -0.550 e. The van der Waals surface area contributed by atoms with Gasteiger partial charge in [0.05, 0.1) is 27.1 Å². The second kappa shape index (κ2) is 5.84. The Morgan fingerprint density at radius 2 is 1.94 bits per heavy atom. The van der Waals surface area contributed by atoms with Crippen LogP contribution in [0.5, 0.6) is 0 Å². The van der Waals surface area contributed by atoms with Crippen molar-refractivity contribution in [2.75, 3.05) is 27.7 Å². The van der Waals surface area contributed by atoms with Crippen molar-refractivity contribution >= 4 is 11.9 Å². The molecule has 0 spiro atoms. The predicted octanol–water partition coefficient (Wildman–Crippen LogP) is -0.600. The van der Waals surface area contributed by atoms with E-state index in [4.69, 9.17) is 13.0 Å². The van der Waals surface area contributed by atoms with Crippen molar-refractivity contribution in [1.29, 1.82) is 0 Å². The van der Waals surface area contributed by atoms with Crippen LogP contribution in [0.15, 0.2) is 0 Å². The summed E-state index contributed by atoms with van der Waals surface area (Å²) < 4.78 is 48.2. The molecule has 0 radical (unpaired) electrons. The van der Waals surface area contributed by atoms with E-state index in [9.17, 15) is 14.7 Å². The Kier molecular flexibility index (Phi) is 2.65. The molecule has 0 heterocycles. The molecule has 0 aliphatic heterocycles. The summed E-state index contributed by atoms with van der Waals surface area (Å²) in [5, 5.41) is 10.7. The van der Waals surface area contributed by atoms with Crippen LogP contribution in [0.1, 0.15) is 28.3 Å². The fourth-order valence-corrected chi connectivity index (χ4v) is 1.17. The highest BCUT2D eigenvalue weighted by molar-refractivity contribution is 5.72. The van der Waals surface area contributed by atoms with Crippen molar-refractivity contribution in [3.63, 3.8) is 0 Å². The van der Waals surface area contributed by atoms with E-state index in [1.54, 1.807) is 21.1 Å². The molecule has 0 aliphatic carbocycles. The lowest BCUT2D eigenvalue weighted by Gasteiger charge is -2.29. The lowest BCUT2D eigenvalue weighted by molar-refractivity contribution is -0.873. The summed E-state index contributed by atoms with van der Waals surface area (Å²) >= 11 is 0. The second-order valence-electron chi connectivity index (χ2n) is 4.54. The molecule has 0 bridgehead atoms. The van der Waals surface area contributed by atoms with Gasteiger partial charge >= 0.3 is 5.97 Å². The molecule has 0 N–H and O–H groups in total. The number of rotatable bonds is 6. The molecule has 0 aromatic heterocycles. The van der Waals surface area contributed by atoms with Gasteiger partial charge in [-0.15, -0.1) is 0 Å². The molecule has 5 nitrogen and oxygen atoms in total. The van der Waals surface area contributed by atoms with Gasteiger partial charge in [-0.05, 0) is 0 Å². The quantitative estimate of drug-likeness (QED) is 0.457. The number of nitrogens with zero attached hydrogens (tertiary/aromatic N) is 1. The van der Waals surface area contributed by atoms with Gasteiger partial charge in [-0.25, -0.2) is 0 Å². The first-order valence-electron chi connectivity index (χ1n) is 7.75. The average molecular weight is 237 g/mol. The lowest BCUT2D eigenvalue weighted by Crippen LogP contribution is -2.45. The minimum atomic E-state index is -3.08. The van der Waals surface area contributed by atoms with E-state index in [0.29, 0.717) is 0 Å². The number of carbonyl (C=O) groups excluding carboxylic acids is 2. The fraction of sp³-hybridized carbons (Fsp3) is 0.818. The van der Waals surface area contributed by atoms with Gasteiger partial charge in [-0.2, -0.15) is 0 Å². The number of esters is 1. The molecule has 0 aromatic carbocycles. The zero-order chi connectivity index (χ0) is 17.9. The van der Waals surface area contributed by atoms with E-state index in [0.717, 1.165) is 0 Å². The Bertz CT molecular complexity index is 398. The minimum absolute atomic E-state index is 0.0639. The Morgan fingerprint density at radius 1 is 1.38 bits per heavy atom. The summed E-state index contributed by atoms with van der Waals surface area (Å²) in [6, 6.07) is 0. The van der Waals surface area contributed by atoms with Gasteiger partial charge in [0.25, 0.3) is 0 Å². The summed E-state index contributed by atoms with van der Waals surface area (Å²) in [5.41, 5.74) is 0. The number of quaternary nitrogens is 1. The van der Waals surface area contributed by atoms with Gasteiger partial charge < -0.3 is 19.1 Å². The molecule has 94 valence electrons. The first-order valence-corrected chi connectivity index (χ1v) is 4.75. The number of hydrogen-bond donors (Lipinski definition) is 0. The van der Waals surface area contributed by atoms with Gasteiger partial charge in [-0.1, -0.05) is 13.7 Å². The van der Waals surface area contributed by atoms with Crippen LogP contribution in [-0.2, 0) is 14.3 Å². The Hall–Kier alpha value is -1.10. The lowest BCUT2D eigenvalue weighted by atomic mass is 10.2. The Morgan fingerprint density at radius 3 is 2.31 bits per heavy atom. The molecule has 1 atom stereocenters. The topological polar surface area (TPSA) is 66.4 Å². The number of carbonyl (C=O) groups is 2. The molecule has 0 saturated heterocycles. The summed E-state index contributed by atoms with van der Waals surface area (Å²) in [5.74, 6) is -5.26. The van der Waals surface area contributed by atoms with Crippen molar-refractivity contribution in [2.24, 2.45) is 5.92 Å². The first-order chi connectivity index (χ1) is 9.54. The van der Waals surface area contributed by atoms with E-state index in [-0.39, 0.29) is 11.0 Å². The first kappa shape index (κ1) is 7.27. The maximum absolute atomic E-state index is 12.0. The summed E-state index contributed by atoms with van der Waals surface area (Å²) in [7, 11) is 5.13. The molecule has 0 amide bonds. The predicted molar refractivity (Wildman–Crippen MR) is 57.2 cm³/mol. The molecule has 0 fully saturated rings. The van der Waals surface area contributed by atoms with Crippen molar-refractivity contribution in [1.82, 2.24) is 0 Å². The van der Waals surface area contributed by atoms with Crippen LogP contribution < -0.4 is 5.11 Å². The Balaban J connectivity index is 5.25. The van der Waals surface area contributed by atoms with E-state index < -0.39 is 44.1 Å². The van der Waals surface area contributed by atoms with Crippen LogP contribution in [0, 0.1) is 5.92 Å². The fourth-order valence-electron chi connectivity index (χ4n) is 1.17. The zero-order valence-corrected chi connectivity index (χ0v) is 9.65. The summed E-state index contributed by atoms with van der Waals surface area (Å²) in [6.07, 6.45) is -1.82. The monoisotopic (exact) mass is 237 g/mol. The van der Waals surface area contributed by atoms with E-state index in [1.165, 1.54) is 0 Å². The largest absolute Gasteiger partial charge is 0.550 e. The second-order valence-corrected chi connectivity index (χ2v) is 4.54. The van der Waals surface area contributed by atoms with Crippen LogP contribution in [0.25, 0.3) is 0 Å². The van der Waals surface area contributed by atoms with Gasteiger partial charge in [0, 0.05) is 20.6 Å². The average Bonchev–Trinajstić information content (AvgIpc) is 2.05. The smallest absolute Gasteiger partial charge is 0.308 e. The van der Waals surface area contributed by atoms with Gasteiger partial charge in [-0.3, -0.25) is 4.79 Å². The summed E-state index contributed by atoms with van der Waals surface area (Å²) in [6.45, 7) is -6.09. The van der Waals surface area contributed by atoms with Crippen LogP contribution >= 0.6 is 0 Å². The molecular formula is C11H21NO4. The van der Waals surface area contributed by atoms with Crippen molar-refractivity contribution in [2.45, 2.75) is 26.2 Å². The number of carboxylic acids is 1. The number of aliphatic carboxylic acids is 1. The van der Waals surface area contributed by atoms with Crippen LogP contribution in [0.4, 0.5) is 0 Å². The van der Waals surface area contributed by atoms with Crippen LogP contribution in [0.2, 0.25) is 0 Å². The van der Waals surface area contributed by atoms with Crippen LogP contribution in [-0.4, -0.2) is 50.2 Å². The maximum Gasteiger partial charge on any atom is 0.308 e. The maximum atomic E-state index is 12.0. The molecule has 0 aliphatic rings. The van der Waals surface area contributed by atoms with Crippen molar-refractivity contribution in [3.8, 4) is 0 Å². The SMILES string of the molecule is [2H]C([2H])([2H])C(C(=O)O[C@H](CC(=O)[O-])C[N+](C)(C)C)C([2H])([2H])[2H].